The van der Waals surface area contributed by atoms with Gasteiger partial charge in [0.2, 0.25) is 0 Å². The summed E-state index contributed by atoms with van der Waals surface area (Å²) in [6, 6.07) is 9.40. The summed E-state index contributed by atoms with van der Waals surface area (Å²) in [5.74, 6) is -1.86. The lowest BCUT2D eigenvalue weighted by molar-refractivity contribution is -0.136. The topological polar surface area (TPSA) is 128 Å². The number of aliphatic imine (C=N–C) groups is 1. The summed E-state index contributed by atoms with van der Waals surface area (Å²) >= 11 is 7.75. The summed E-state index contributed by atoms with van der Waals surface area (Å²) in [6.07, 6.45) is 1.64. The Balaban J connectivity index is 1.29. The molecule has 3 aromatic rings. The number of piperazine rings is 1. The van der Waals surface area contributed by atoms with Gasteiger partial charge < -0.3 is 20.1 Å². The van der Waals surface area contributed by atoms with Crippen LogP contribution in [0.3, 0.4) is 0 Å². The molecule has 2 aromatic carbocycles. The predicted molar refractivity (Wildman–Crippen MR) is 158 cm³/mol. The zero-order valence-electron chi connectivity index (χ0n) is 22.9. The van der Waals surface area contributed by atoms with Crippen molar-refractivity contribution in [1.82, 2.24) is 20.1 Å². The van der Waals surface area contributed by atoms with Crippen LogP contribution in [0.5, 0.6) is 0 Å². The molecule has 2 N–H and O–H groups in total. The fourth-order valence-electron chi connectivity index (χ4n) is 5.62. The monoisotopic (exact) mass is 624 g/mol. The smallest absolute Gasteiger partial charge is 0.338 e. The van der Waals surface area contributed by atoms with E-state index in [1.165, 1.54) is 42.7 Å². The highest BCUT2D eigenvalue weighted by Gasteiger charge is 2.42. The molecule has 0 radical (unpaired) electrons. The summed E-state index contributed by atoms with van der Waals surface area (Å²) in [5.41, 5.74) is 1.83. The number of benzene rings is 2. The van der Waals surface area contributed by atoms with Crippen molar-refractivity contribution >= 4 is 52.4 Å². The van der Waals surface area contributed by atoms with E-state index in [1.54, 1.807) is 34.7 Å². The van der Waals surface area contributed by atoms with Gasteiger partial charge in [0.05, 0.1) is 29.3 Å². The van der Waals surface area contributed by atoms with Crippen LogP contribution in [0.4, 0.5) is 14.9 Å². The first-order chi connectivity index (χ1) is 20.7. The number of rotatable bonds is 7. The molecular formula is C29H26ClFN6O5S. The van der Waals surface area contributed by atoms with Crippen LogP contribution in [0.2, 0.25) is 5.02 Å². The normalized spacial score (nSPS) is 20.5. The Bertz CT molecular complexity index is 1650. The molecule has 1 aromatic heterocycles. The maximum absolute atomic E-state index is 14.5. The number of aromatic carboxylic acids is 1. The first kappa shape index (κ1) is 28.8. The zero-order chi connectivity index (χ0) is 30.2. The second-order valence-electron chi connectivity index (χ2n) is 10.2. The highest BCUT2D eigenvalue weighted by molar-refractivity contribution is 7.11. The number of fused-ring (bicyclic) bond motifs is 1. The molecular weight excluding hydrogens is 599 g/mol. The number of halogens is 2. The van der Waals surface area contributed by atoms with Gasteiger partial charge in [0.25, 0.3) is 0 Å². The van der Waals surface area contributed by atoms with Crippen molar-refractivity contribution in [2.24, 2.45) is 4.99 Å². The number of anilines is 1. The van der Waals surface area contributed by atoms with Crippen LogP contribution in [0.15, 0.2) is 70.3 Å². The Morgan fingerprint density at radius 2 is 1.98 bits per heavy atom. The molecule has 0 spiro atoms. The summed E-state index contributed by atoms with van der Waals surface area (Å²) in [6.45, 7) is 2.23. The SMILES string of the molecule is COC(=O)C1=C(CN2CCN3C(=O)N(c4ccc(C(=O)O)cc4)CC3C2)NC(c2nccs2)=N[C@H]1c1cccc(F)c1Cl. The van der Waals surface area contributed by atoms with Gasteiger partial charge in [-0.3, -0.25) is 14.8 Å². The second-order valence-corrected chi connectivity index (χ2v) is 11.5. The number of hydrogen-bond acceptors (Lipinski definition) is 9. The van der Waals surface area contributed by atoms with Crippen molar-refractivity contribution in [2.75, 3.05) is 44.7 Å². The van der Waals surface area contributed by atoms with E-state index in [2.05, 4.69) is 15.2 Å². The van der Waals surface area contributed by atoms with Crippen molar-refractivity contribution < 1.29 is 28.6 Å². The Morgan fingerprint density at radius 1 is 1.19 bits per heavy atom. The van der Waals surface area contributed by atoms with Crippen LogP contribution >= 0.6 is 22.9 Å². The predicted octanol–water partition coefficient (Wildman–Crippen LogP) is 3.78. The number of nitrogens with one attached hydrogen (secondary N) is 1. The van der Waals surface area contributed by atoms with Gasteiger partial charge in [0, 0.05) is 61.2 Å². The van der Waals surface area contributed by atoms with Gasteiger partial charge in [-0.15, -0.1) is 11.3 Å². The third-order valence-electron chi connectivity index (χ3n) is 7.69. The van der Waals surface area contributed by atoms with Gasteiger partial charge in [-0.1, -0.05) is 23.7 Å². The molecule has 3 aliphatic heterocycles. The standard InChI is InChI=1S/C29H26ClFN6O5S/c1-42-28(40)22-21(33-25(26-32-9-12-43-26)34-24(22)19-3-2-4-20(31)23(19)30)15-35-10-11-36-18(13-35)14-37(29(36)41)17-7-5-16(6-8-17)27(38)39/h2-9,12,18,24H,10-11,13-15H2,1H3,(H,33,34)(H,38,39)/t18?,24-/m0/s1. The summed E-state index contributed by atoms with van der Waals surface area (Å²) in [7, 11) is 1.28. The number of hydrogen-bond donors (Lipinski definition) is 2. The number of esters is 1. The Kier molecular flexibility index (Phi) is 7.86. The third kappa shape index (κ3) is 5.46. The van der Waals surface area contributed by atoms with Crippen LogP contribution < -0.4 is 10.2 Å². The average molecular weight is 625 g/mol. The highest BCUT2D eigenvalue weighted by atomic mass is 35.5. The van der Waals surface area contributed by atoms with E-state index in [0.717, 1.165) is 0 Å². The molecule has 4 heterocycles. The maximum atomic E-state index is 14.5. The summed E-state index contributed by atoms with van der Waals surface area (Å²) < 4.78 is 19.7. The van der Waals surface area contributed by atoms with E-state index >= 15 is 0 Å². The average Bonchev–Trinajstić information content (AvgIpc) is 3.66. The summed E-state index contributed by atoms with van der Waals surface area (Å²) in [5, 5.41) is 14.8. The first-order valence-electron chi connectivity index (χ1n) is 13.4. The number of nitrogens with zero attached hydrogens (tertiary/aromatic N) is 5. The zero-order valence-corrected chi connectivity index (χ0v) is 24.4. The lowest BCUT2D eigenvalue weighted by atomic mass is 9.95. The van der Waals surface area contributed by atoms with Gasteiger partial charge >= 0.3 is 18.0 Å². The minimum Gasteiger partial charge on any atom is -0.478 e. The second kappa shape index (κ2) is 11.7. The number of carboxylic acids is 1. The van der Waals surface area contributed by atoms with Gasteiger partial charge in [-0.25, -0.2) is 23.8 Å². The Morgan fingerprint density at radius 3 is 2.67 bits per heavy atom. The minimum absolute atomic E-state index is 0.132. The molecule has 2 fully saturated rings. The van der Waals surface area contributed by atoms with Gasteiger partial charge in [0.1, 0.15) is 11.9 Å². The number of carbonyl (C=O) groups excluding carboxylic acids is 2. The van der Waals surface area contributed by atoms with Crippen LogP contribution in [0.25, 0.3) is 0 Å². The molecule has 11 nitrogen and oxygen atoms in total. The highest BCUT2D eigenvalue weighted by Crippen LogP contribution is 2.38. The van der Waals surface area contributed by atoms with Gasteiger partial charge in [-0.05, 0) is 30.3 Å². The van der Waals surface area contributed by atoms with Crippen molar-refractivity contribution in [1.29, 1.82) is 0 Å². The molecule has 14 heteroatoms. The lowest BCUT2D eigenvalue weighted by Crippen LogP contribution is -2.53. The Labute approximate surface area is 254 Å². The molecule has 0 aliphatic carbocycles. The first-order valence-corrected chi connectivity index (χ1v) is 14.6. The number of methoxy groups -OCH3 is 1. The number of aromatic nitrogens is 1. The summed E-state index contributed by atoms with van der Waals surface area (Å²) in [4.78, 5) is 52.4. The molecule has 2 amide bonds. The van der Waals surface area contributed by atoms with Crippen LogP contribution in [0, 0.1) is 5.82 Å². The molecule has 2 saturated heterocycles. The molecule has 1 unspecified atom stereocenters. The number of urea groups is 1. The fourth-order valence-corrected chi connectivity index (χ4v) is 6.43. The van der Waals surface area contributed by atoms with Crippen molar-refractivity contribution in [3.05, 3.63) is 92.3 Å². The van der Waals surface area contributed by atoms with E-state index in [9.17, 15) is 23.9 Å². The molecule has 0 bridgehead atoms. The third-order valence-corrected chi connectivity index (χ3v) is 8.87. The van der Waals surface area contributed by atoms with E-state index in [4.69, 9.17) is 21.3 Å². The Hall–Kier alpha value is -4.33. The lowest BCUT2D eigenvalue weighted by Gasteiger charge is -2.38. The van der Waals surface area contributed by atoms with Crippen LogP contribution in [0.1, 0.15) is 27.0 Å². The molecule has 222 valence electrons. The minimum atomic E-state index is -1.03. The number of thiazole rings is 1. The van der Waals surface area contributed by atoms with E-state index in [-0.39, 0.29) is 28.2 Å². The van der Waals surface area contributed by atoms with Crippen molar-refractivity contribution in [3.8, 4) is 0 Å². The van der Waals surface area contributed by atoms with Crippen LogP contribution in [-0.2, 0) is 9.53 Å². The van der Waals surface area contributed by atoms with Crippen LogP contribution in [-0.4, -0.2) is 89.6 Å². The number of ether oxygens (including phenoxy) is 1. The largest absolute Gasteiger partial charge is 0.478 e. The van der Waals surface area contributed by atoms with Gasteiger partial charge in [0.15, 0.2) is 10.8 Å². The molecule has 6 rings (SSSR count). The van der Waals surface area contributed by atoms with E-state index in [1.807, 2.05) is 4.90 Å². The fraction of sp³-hybridized carbons (Fsp3) is 0.276. The molecule has 2 atom stereocenters. The van der Waals surface area contributed by atoms with Gasteiger partial charge in [-0.2, -0.15) is 0 Å². The van der Waals surface area contributed by atoms with E-state index < -0.39 is 23.8 Å². The number of carbonyl (C=O) groups is 3. The van der Waals surface area contributed by atoms with Crippen molar-refractivity contribution in [2.45, 2.75) is 12.1 Å². The number of amides is 2. The number of carboxylic acid groups (broad SMARTS) is 1. The molecule has 0 saturated carbocycles. The quantitative estimate of drug-likeness (QED) is 0.380. The molecule has 3 aliphatic rings. The number of amidine groups is 1. The van der Waals surface area contributed by atoms with Crippen molar-refractivity contribution in [3.63, 3.8) is 0 Å². The van der Waals surface area contributed by atoms with E-state index in [0.29, 0.717) is 60.5 Å². The maximum Gasteiger partial charge on any atom is 0.338 e. The molecule has 43 heavy (non-hydrogen) atoms.